The van der Waals surface area contributed by atoms with Crippen LogP contribution in [-0.2, 0) is 6.18 Å². The van der Waals surface area contributed by atoms with Gasteiger partial charge >= 0.3 is 12.3 Å². The number of ether oxygens (including phenoxy) is 1. The highest BCUT2D eigenvalue weighted by Gasteiger charge is 2.30. The van der Waals surface area contributed by atoms with Gasteiger partial charge in [-0.2, -0.15) is 13.2 Å². The molecule has 2 aromatic rings. The van der Waals surface area contributed by atoms with Crippen molar-refractivity contribution < 1.29 is 27.8 Å². The molecule has 2 aromatic carbocycles. The molecular weight excluding hydrogens is 359 g/mol. The van der Waals surface area contributed by atoms with E-state index in [1.807, 2.05) is 30.3 Å². The average molecular weight is 381 g/mol. The minimum atomic E-state index is -4.37. The highest BCUT2D eigenvalue weighted by Crippen LogP contribution is 2.32. The van der Waals surface area contributed by atoms with Crippen molar-refractivity contribution in [1.29, 1.82) is 0 Å². The zero-order chi connectivity index (χ0) is 19.7. The molecule has 0 aliphatic carbocycles. The average Bonchev–Trinajstić information content (AvgIpc) is 2.63. The van der Waals surface area contributed by atoms with E-state index in [0.29, 0.717) is 25.1 Å². The van der Waals surface area contributed by atoms with Crippen LogP contribution in [0.5, 0.6) is 5.75 Å². The molecule has 0 bridgehead atoms. The zero-order valence-electron chi connectivity index (χ0n) is 14.7. The Morgan fingerprint density at radius 2 is 1.67 bits per heavy atom. The number of amides is 1. The van der Waals surface area contributed by atoms with E-state index >= 15 is 0 Å². The van der Waals surface area contributed by atoms with Gasteiger partial charge in [-0.05, 0) is 49.1 Å². The fourth-order valence-corrected chi connectivity index (χ4v) is 2.67. The Morgan fingerprint density at radius 1 is 1.00 bits per heavy atom. The number of benzene rings is 2. The van der Waals surface area contributed by atoms with Gasteiger partial charge in [0.05, 0.1) is 5.56 Å². The summed E-state index contributed by atoms with van der Waals surface area (Å²) in [6.45, 7) is 0.394. The molecule has 0 radical (unpaired) electrons. The lowest BCUT2D eigenvalue weighted by atomic mass is 10.0. The molecule has 2 N–H and O–H groups in total. The van der Waals surface area contributed by atoms with Crippen LogP contribution in [0.15, 0.2) is 54.6 Å². The van der Waals surface area contributed by atoms with Crippen LogP contribution in [0.1, 0.15) is 42.9 Å². The smallest absolute Gasteiger partial charge is 0.416 e. The lowest BCUT2D eigenvalue weighted by molar-refractivity contribution is -0.137. The molecule has 4 nitrogen and oxygen atoms in total. The van der Waals surface area contributed by atoms with Crippen molar-refractivity contribution >= 4 is 6.09 Å². The van der Waals surface area contributed by atoms with E-state index in [-0.39, 0.29) is 6.10 Å². The predicted molar refractivity (Wildman–Crippen MR) is 95.8 cm³/mol. The monoisotopic (exact) mass is 381 g/mol. The van der Waals surface area contributed by atoms with Crippen LogP contribution in [-0.4, -0.2) is 17.7 Å². The summed E-state index contributed by atoms with van der Waals surface area (Å²) in [7, 11) is 0. The molecule has 0 fully saturated rings. The Hall–Kier alpha value is -2.70. The summed E-state index contributed by atoms with van der Waals surface area (Å²) in [6.07, 6.45) is -2.67. The first kappa shape index (κ1) is 20.6. The number of halogens is 3. The van der Waals surface area contributed by atoms with E-state index < -0.39 is 17.8 Å². The molecule has 27 heavy (non-hydrogen) atoms. The van der Waals surface area contributed by atoms with Crippen LogP contribution >= 0.6 is 0 Å². The van der Waals surface area contributed by atoms with Crippen molar-refractivity contribution in [2.24, 2.45) is 0 Å². The normalized spacial score (nSPS) is 12.4. The molecular formula is C20H22F3NO3. The Kier molecular flexibility index (Phi) is 7.52. The topological polar surface area (TPSA) is 58.6 Å². The predicted octanol–water partition coefficient (Wildman–Crippen LogP) is 5.65. The van der Waals surface area contributed by atoms with E-state index in [0.717, 1.165) is 30.5 Å². The van der Waals surface area contributed by atoms with E-state index in [1.165, 1.54) is 12.1 Å². The SMILES string of the molecule is O=C(O)NCCCCCC(Oc1ccc(C(F)(F)F)cc1)c1ccccc1. The van der Waals surface area contributed by atoms with Gasteiger partial charge in [-0.15, -0.1) is 0 Å². The molecule has 1 atom stereocenters. The molecule has 146 valence electrons. The number of alkyl halides is 3. The maximum Gasteiger partial charge on any atom is 0.416 e. The van der Waals surface area contributed by atoms with Gasteiger partial charge in [-0.25, -0.2) is 4.79 Å². The third kappa shape index (κ3) is 7.21. The second-order valence-corrected chi connectivity index (χ2v) is 6.12. The molecule has 0 saturated carbocycles. The number of carbonyl (C=O) groups is 1. The van der Waals surface area contributed by atoms with E-state index in [2.05, 4.69) is 5.32 Å². The van der Waals surface area contributed by atoms with Crippen LogP contribution in [0.4, 0.5) is 18.0 Å². The Labute approximate surface area is 156 Å². The molecule has 0 aromatic heterocycles. The van der Waals surface area contributed by atoms with Gasteiger partial charge in [-0.3, -0.25) is 0 Å². The van der Waals surface area contributed by atoms with Crippen LogP contribution in [0.2, 0.25) is 0 Å². The summed E-state index contributed by atoms with van der Waals surface area (Å²) in [5.74, 6) is 0.379. The van der Waals surface area contributed by atoms with Gasteiger partial charge in [-0.1, -0.05) is 36.8 Å². The fraction of sp³-hybridized carbons (Fsp3) is 0.350. The number of unbranched alkanes of at least 4 members (excludes halogenated alkanes) is 2. The molecule has 7 heteroatoms. The first-order chi connectivity index (χ1) is 12.9. The summed E-state index contributed by atoms with van der Waals surface area (Å²) in [5.41, 5.74) is 0.234. The molecule has 2 rings (SSSR count). The van der Waals surface area contributed by atoms with Crippen molar-refractivity contribution in [3.8, 4) is 5.75 Å². The molecule has 0 spiro atoms. The van der Waals surface area contributed by atoms with Gasteiger partial charge in [0, 0.05) is 6.54 Å². The second-order valence-electron chi connectivity index (χ2n) is 6.12. The van der Waals surface area contributed by atoms with E-state index in [9.17, 15) is 18.0 Å². The van der Waals surface area contributed by atoms with Crippen molar-refractivity contribution in [2.75, 3.05) is 6.54 Å². The molecule has 0 saturated heterocycles. The van der Waals surface area contributed by atoms with E-state index in [1.54, 1.807) is 0 Å². The number of hydrogen-bond acceptors (Lipinski definition) is 2. The third-order valence-corrected chi connectivity index (χ3v) is 4.05. The maximum absolute atomic E-state index is 12.7. The molecule has 1 amide bonds. The third-order valence-electron chi connectivity index (χ3n) is 4.05. The molecule has 0 aliphatic heterocycles. The fourth-order valence-electron chi connectivity index (χ4n) is 2.67. The van der Waals surface area contributed by atoms with Crippen molar-refractivity contribution in [3.63, 3.8) is 0 Å². The van der Waals surface area contributed by atoms with Crippen molar-refractivity contribution in [2.45, 2.75) is 38.0 Å². The first-order valence-corrected chi connectivity index (χ1v) is 8.72. The second kappa shape index (κ2) is 9.85. The van der Waals surface area contributed by atoms with Gasteiger partial charge in [0.1, 0.15) is 11.9 Å². The lowest BCUT2D eigenvalue weighted by Crippen LogP contribution is -2.21. The number of nitrogens with one attached hydrogen (secondary N) is 1. The summed E-state index contributed by atoms with van der Waals surface area (Å²) >= 11 is 0. The van der Waals surface area contributed by atoms with Crippen LogP contribution in [0.3, 0.4) is 0 Å². The van der Waals surface area contributed by atoms with Crippen LogP contribution in [0.25, 0.3) is 0 Å². The largest absolute Gasteiger partial charge is 0.486 e. The van der Waals surface area contributed by atoms with Crippen molar-refractivity contribution in [3.05, 3.63) is 65.7 Å². The van der Waals surface area contributed by atoms with Crippen LogP contribution < -0.4 is 10.1 Å². The summed E-state index contributed by atoms with van der Waals surface area (Å²) < 4.78 is 44.0. The molecule has 0 aliphatic rings. The molecule has 0 heterocycles. The number of carboxylic acid groups (broad SMARTS) is 1. The van der Waals surface area contributed by atoms with Gasteiger partial charge in [0.15, 0.2) is 0 Å². The van der Waals surface area contributed by atoms with Crippen molar-refractivity contribution in [1.82, 2.24) is 5.32 Å². The van der Waals surface area contributed by atoms with E-state index in [4.69, 9.17) is 9.84 Å². The standard InChI is InChI=1S/C20H22F3NO3/c21-20(22,23)16-10-12-17(13-11-16)27-18(15-7-3-1-4-8-15)9-5-2-6-14-24-19(25)26/h1,3-4,7-8,10-13,18,24H,2,5-6,9,14H2,(H,25,26). The maximum atomic E-state index is 12.7. The van der Waals surface area contributed by atoms with Gasteiger partial charge < -0.3 is 15.2 Å². The summed E-state index contributed by atoms with van der Waals surface area (Å²) in [6, 6.07) is 14.2. The number of hydrogen-bond donors (Lipinski definition) is 2. The molecule has 1 unspecified atom stereocenters. The Bertz CT molecular complexity index is 703. The quantitative estimate of drug-likeness (QED) is 0.552. The Balaban J connectivity index is 1.96. The van der Waals surface area contributed by atoms with Gasteiger partial charge in [0.2, 0.25) is 0 Å². The lowest BCUT2D eigenvalue weighted by Gasteiger charge is -2.20. The zero-order valence-corrected chi connectivity index (χ0v) is 14.7. The summed E-state index contributed by atoms with van der Waals surface area (Å²) in [5, 5.41) is 10.9. The highest BCUT2D eigenvalue weighted by atomic mass is 19.4. The summed E-state index contributed by atoms with van der Waals surface area (Å²) in [4.78, 5) is 10.4. The number of rotatable bonds is 9. The Morgan fingerprint density at radius 3 is 2.26 bits per heavy atom. The minimum absolute atomic E-state index is 0.282. The highest BCUT2D eigenvalue weighted by molar-refractivity contribution is 5.64. The van der Waals surface area contributed by atoms with Gasteiger partial charge in [0.25, 0.3) is 0 Å². The first-order valence-electron chi connectivity index (χ1n) is 8.72. The van der Waals surface area contributed by atoms with Crippen LogP contribution in [0, 0.1) is 0 Å². The minimum Gasteiger partial charge on any atom is -0.486 e.